The van der Waals surface area contributed by atoms with Gasteiger partial charge in [-0.2, -0.15) is 0 Å². The summed E-state index contributed by atoms with van der Waals surface area (Å²) in [5, 5.41) is 9.52. The Balaban J connectivity index is 1.86. The standard InChI is InChI=1S/C18H18FNO3/c1-23-16-11-13(10-15(19)18(16)22)17(21)12-4-6-14(7-5-12)20-8-2-3-9-20/h4-7,10-11,22H,2-3,8-9H2,1H3. The first-order valence-electron chi connectivity index (χ1n) is 7.56. The molecule has 4 nitrogen and oxygen atoms in total. The number of aromatic hydroxyl groups is 1. The number of anilines is 1. The topological polar surface area (TPSA) is 49.8 Å². The largest absolute Gasteiger partial charge is 0.502 e. The number of carbonyl (C=O) groups is 1. The predicted molar refractivity (Wildman–Crippen MR) is 85.9 cm³/mol. The van der Waals surface area contributed by atoms with Crippen LogP contribution in [-0.2, 0) is 0 Å². The minimum absolute atomic E-state index is 0.0537. The van der Waals surface area contributed by atoms with Crippen molar-refractivity contribution in [2.24, 2.45) is 0 Å². The molecule has 0 atom stereocenters. The van der Waals surface area contributed by atoms with Crippen LogP contribution < -0.4 is 9.64 Å². The van der Waals surface area contributed by atoms with E-state index < -0.39 is 11.6 Å². The van der Waals surface area contributed by atoms with Gasteiger partial charge in [-0.15, -0.1) is 0 Å². The number of ketones is 1. The highest BCUT2D eigenvalue weighted by molar-refractivity contribution is 6.09. The molecule has 23 heavy (non-hydrogen) atoms. The van der Waals surface area contributed by atoms with Crippen LogP contribution in [0.5, 0.6) is 11.5 Å². The van der Waals surface area contributed by atoms with Gasteiger partial charge in [-0.25, -0.2) is 4.39 Å². The maximum absolute atomic E-state index is 13.7. The van der Waals surface area contributed by atoms with E-state index in [9.17, 15) is 14.3 Å². The SMILES string of the molecule is COc1cc(C(=O)c2ccc(N3CCCC3)cc2)cc(F)c1O. The van der Waals surface area contributed by atoms with Gasteiger partial charge >= 0.3 is 0 Å². The van der Waals surface area contributed by atoms with Gasteiger partial charge in [0.05, 0.1) is 7.11 Å². The Hall–Kier alpha value is -2.56. The van der Waals surface area contributed by atoms with E-state index in [4.69, 9.17) is 4.74 Å². The van der Waals surface area contributed by atoms with E-state index in [-0.39, 0.29) is 17.1 Å². The molecular weight excluding hydrogens is 297 g/mol. The first-order valence-corrected chi connectivity index (χ1v) is 7.56. The van der Waals surface area contributed by atoms with E-state index >= 15 is 0 Å². The lowest BCUT2D eigenvalue weighted by Crippen LogP contribution is -2.17. The van der Waals surface area contributed by atoms with Gasteiger partial charge in [0.25, 0.3) is 0 Å². The normalized spacial score (nSPS) is 14.1. The van der Waals surface area contributed by atoms with E-state index in [1.807, 2.05) is 12.1 Å². The molecule has 1 saturated heterocycles. The van der Waals surface area contributed by atoms with Crippen molar-refractivity contribution in [3.63, 3.8) is 0 Å². The Morgan fingerprint density at radius 3 is 2.39 bits per heavy atom. The molecule has 120 valence electrons. The van der Waals surface area contributed by atoms with Crippen LogP contribution in [0.1, 0.15) is 28.8 Å². The molecule has 0 radical (unpaired) electrons. The van der Waals surface area contributed by atoms with Crippen molar-refractivity contribution in [3.05, 3.63) is 53.3 Å². The number of nitrogens with zero attached hydrogens (tertiary/aromatic N) is 1. The summed E-state index contributed by atoms with van der Waals surface area (Å²) < 4.78 is 18.6. The Morgan fingerprint density at radius 1 is 1.13 bits per heavy atom. The maximum Gasteiger partial charge on any atom is 0.194 e. The molecule has 0 saturated carbocycles. The fourth-order valence-corrected chi connectivity index (χ4v) is 2.83. The highest BCUT2D eigenvalue weighted by atomic mass is 19.1. The number of hydrogen-bond donors (Lipinski definition) is 1. The highest BCUT2D eigenvalue weighted by Crippen LogP contribution is 2.31. The van der Waals surface area contributed by atoms with Gasteiger partial charge in [0.1, 0.15) is 0 Å². The maximum atomic E-state index is 13.7. The van der Waals surface area contributed by atoms with Crippen LogP contribution in [0, 0.1) is 5.82 Å². The van der Waals surface area contributed by atoms with E-state index in [0.717, 1.165) is 24.8 Å². The van der Waals surface area contributed by atoms with Crippen molar-refractivity contribution < 1.29 is 19.0 Å². The summed E-state index contributed by atoms with van der Waals surface area (Å²) in [5.74, 6) is -1.83. The number of rotatable bonds is 4. The van der Waals surface area contributed by atoms with Crippen molar-refractivity contribution in [2.75, 3.05) is 25.1 Å². The van der Waals surface area contributed by atoms with E-state index in [1.54, 1.807) is 12.1 Å². The average Bonchev–Trinajstić information content (AvgIpc) is 3.11. The summed E-state index contributed by atoms with van der Waals surface area (Å²) in [5.41, 5.74) is 1.71. The zero-order chi connectivity index (χ0) is 16.4. The molecule has 2 aromatic carbocycles. The van der Waals surface area contributed by atoms with Crippen LogP contribution in [0.3, 0.4) is 0 Å². The molecule has 1 aliphatic rings. The molecule has 1 N–H and O–H groups in total. The third-order valence-corrected chi connectivity index (χ3v) is 4.11. The quantitative estimate of drug-likeness (QED) is 0.879. The number of carbonyl (C=O) groups excluding carboxylic acids is 1. The second-order valence-electron chi connectivity index (χ2n) is 5.58. The van der Waals surface area contributed by atoms with Crippen molar-refractivity contribution in [2.45, 2.75) is 12.8 Å². The predicted octanol–water partition coefficient (Wildman–Crippen LogP) is 3.37. The zero-order valence-corrected chi connectivity index (χ0v) is 12.9. The summed E-state index contributed by atoms with van der Waals surface area (Å²) >= 11 is 0. The van der Waals surface area contributed by atoms with Crippen LogP contribution in [0.2, 0.25) is 0 Å². The molecule has 0 aromatic heterocycles. The minimum Gasteiger partial charge on any atom is -0.502 e. The first-order chi connectivity index (χ1) is 11.1. The molecule has 0 aliphatic carbocycles. The Bertz CT molecular complexity index is 722. The number of halogens is 1. The summed E-state index contributed by atoms with van der Waals surface area (Å²) in [6.07, 6.45) is 2.38. The Labute approximate surface area is 134 Å². The van der Waals surface area contributed by atoms with Crippen molar-refractivity contribution >= 4 is 11.5 Å². The number of methoxy groups -OCH3 is 1. The van der Waals surface area contributed by atoms with Crippen molar-refractivity contribution in [1.29, 1.82) is 0 Å². The van der Waals surface area contributed by atoms with Gasteiger partial charge in [-0.3, -0.25) is 4.79 Å². The average molecular weight is 315 g/mol. The summed E-state index contributed by atoms with van der Waals surface area (Å²) in [4.78, 5) is 14.8. The lowest BCUT2D eigenvalue weighted by atomic mass is 10.0. The molecule has 5 heteroatoms. The summed E-state index contributed by atoms with van der Waals surface area (Å²) in [6.45, 7) is 2.07. The third-order valence-electron chi connectivity index (χ3n) is 4.11. The van der Waals surface area contributed by atoms with Gasteiger partial charge in [-0.1, -0.05) is 0 Å². The minimum atomic E-state index is -0.874. The van der Waals surface area contributed by atoms with E-state index in [2.05, 4.69) is 4.90 Å². The second-order valence-corrected chi connectivity index (χ2v) is 5.58. The fourth-order valence-electron chi connectivity index (χ4n) is 2.83. The molecule has 0 bridgehead atoms. The zero-order valence-electron chi connectivity index (χ0n) is 12.9. The molecular formula is C18H18FNO3. The molecule has 3 rings (SSSR count). The number of phenolic OH excluding ortho intramolecular Hbond substituents is 1. The van der Waals surface area contributed by atoms with Gasteiger partial charge in [-0.05, 0) is 49.2 Å². The summed E-state index contributed by atoms with van der Waals surface area (Å²) in [6, 6.07) is 9.67. The Kier molecular flexibility index (Phi) is 4.19. The van der Waals surface area contributed by atoms with Crippen LogP contribution in [-0.4, -0.2) is 31.1 Å². The smallest absolute Gasteiger partial charge is 0.194 e. The fraction of sp³-hybridized carbons (Fsp3) is 0.278. The lowest BCUT2D eigenvalue weighted by molar-refractivity contribution is 0.103. The molecule has 1 heterocycles. The molecule has 0 amide bonds. The van der Waals surface area contributed by atoms with Crippen molar-refractivity contribution in [3.8, 4) is 11.5 Å². The Morgan fingerprint density at radius 2 is 1.78 bits per heavy atom. The molecule has 1 aliphatic heterocycles. The molecule has 2 aromatic rings. The number of ether oxygens (including phenoxy) is 1. The number of phenols is 1. The summed E-state index contributed by atoms with van der Waals surface area (Å²) in [7, 11) is 1.31. The van der Waals surface area contributed by atoms with Crippen LogP contribution >= 0.6 is 0 Å². The molecule has 0 spiro atoms. The van der Waals surface area contributed by atoms with Crippen molar-refractivity contribution in [1.82, 2.24) is 0 Å². The second kappa shape index (κ2) is 6.28. The van der Waals surface area contributed by atoms with Gasteiger partial charge in [0.2, 0.25) is 0 Å². The van der Waals surface area contributed by atoms with Gasteiger partial charge < -0.3 is 14.7 Å². The van der Waals surface area contributed by atoms with Crippen LogP contribution in [0.25, 0.3) is 0 Å². The van der Waals surface area contributed by atoms with Crippen LogP contribution in [0.15, 0.2) is 36.4 Å². The number of benzene rings is 2. The number of hydrogen-bond acceptors (Lipinski definition) is 4. The molecule has 1 fully saturated rings. The van der Waals surface area contributed by atoms with E-state index in [1.165, 1.54) is 26.0 Å². The van der Waals surface area contributed by atoms with Crippen LogP contribution in [0.4, 0.5) is 10.1 Å². The van der Waals surface area contributed by atoms with E-state index in [0.29, 0.717) is 5.56 Å². The monoisotopic (exact) mass is 315 g/mol. The third kappa shape index (κ3) is 2.99. The highest BCUT2D eigenvalue weighted by Gasteiger charge is 2.17. The first kappa shape index (κ1) is 15.3. The van der Waals surface area contributed by atoms with Gasteiger partial charge in [0, 0.05) is 29.9 Å². The lowest BCUT2D eigenvalue weighted by Gasteiger charge is -2.17. The molecule has 0 unspecified atom stereocenters. The van der Waals surface area contributed by atoms with Gasteiger partial charge in [0.15, 0.2) is 23.1 Å².